The molecule has 0 spiro atoms. The molecule has 0 radical (unpaired) electrons. The van der Waals surface area contributed by atoms with Crippen LogP contribution in [-0.2, 0) is 19.2 Å². The number of nitrogens with two attached hydrogens (primary N) is 1. The van der Waals surface area contributed by atoms with Gasteiger partial charge in [0.25, 0.3) is 0 Å². The number of amides is 4. The third-order valence-corrected chi connectivity index (χ3v) is 2.76. The van der Waals surface area contributed by atoms with E-state index in [1.807, 2.05) is 0 Å². The lowest BCUT2D eigenvalue weighted by atomic mass is 10.1. The summed E-state index contributed by atoms with van der Waals surface area (Å²) in [4.78, 5) is 44.7. The molecular formula is C13H24N4O4. The highest BCUT2D eigenvalue weighted by Crippen LogP contribution is 1.97. The molecule has 1 unspecified atom stereocenters. The highest BCUT2D eigenvalue weighted by Gasteiger charge is 2.16. The predicted octanol–water partition coefficient (Wildman–Crippen LogP) is -1.21. The van der Waals surface area contributed by atoms with Gasteiger partial charge in [0.1, 0.15) is 6.04 Å². The fourth-order valence-electron chi connectivity index (χ4n) is 1.48. The average Bonchev–Trinajstić information content (AvgIpc) is 2.47. The average molecular weight is 300 g/mol. The smallest absolute Gasteiger partial charge is 0.240 e. The Kier molecular flexibility index (Phi) is 9.57. The van der Waals surface area contributed by atoms with Gasteiger partial charge in [0, 0.05) is 19.4 Å². The van der Waals surface area contributed by atoms with Crippen LogP contribution in [0.2, 0.25) is 0 Å². The number of hydrogen-bond acceptors (Lipinski definition) is 4. The van der Waals surface area contributed by atoms with E-state index < -0.39 is 11.9 Å². The summed E-state index contributed by atoms with van der Waals surface area (Å²) in [7, 11) is 0. The molecule has 0 aromatic rings. The van der Waals surface area contributed by atoms with Gasteiger partial charge in [-0.3, -0.25) is 19.2 Å². The highest BCUT2D eigenvalue weighted by molar-refractivity contribution is 5.86. The Labute approximate surface area is 124 Å². The van der Waals surface area contributed by atoms with E-state index >= 15 is 0 Å². The maximum atomic E-state index is 11.4. The summed E-state index contributed by atoms with van der Waals surface area (Å²) >= 11 is 0. The van der Waals surface area contributed by atoms with Gasteiger partial charge in [-0.2, -0.15) is 0 Å². The van der Waals surface area contributed by atoms with E-state index in [2.05, 4.69) is 16.0 Å². The van der Waals surface area contributed by atoms with Gasteiger partial charge in [0.05, 0.1) is 6.54 Å². The van der Waals surface area contributed by atoms with Crippen LogP contribution in [-0.4, -0.2) is 42.8 Å². The lowest BCUT2D eigenvalue weighted by Crippen LogP contribution is -2.44. The lowest BCUT2D eigenvalue weighted by Gasteiger charge is -2.15. The first kappa shape index (κ1) is 18.9. The monoisotopic (exact) mass is 300 g/mol. The molecule has 0 aromatic carbocycles. The molecule has 0 aliphatic carbocycles. The minimum absolute atomic E-state index is 0.0709. The zero-order chi connectivity index (χ0) is 16.3. The Balaban J connectivity index is 3.89. The normalized spacial score (nSPS) is 11.3. The van der Waals surface area contributed by atoms with Crippen molar-refractivity contribution in [3.05, 3.63) is 0 Å². The molecule has 0 aromatic heterocycles. The van der Waals surface area contributed by atoms with Crippen LogP contribution in [0.4, 0.5) is 0 Å². The molecule has 1 atom stereocenters. The summed E-state index contributed by atoms with van der Waals surface area (Å²) in [5.74, 6) is -1.34. The van der Waals surface area contributed by atoms with Crippen LogP contribution in [0, 0.1) is 0 Å². The number of rotatable bonds is 10. The Morgan fingerprint density at radius 3 is 2.10 bits per heavy atom. The van der Waals surface area contributed by atoms with Gasteiger partial charge in [-0.1, -0.05) is 13.8 Å². The van der Waals surface area contributed by atoms with Gasteiger partial charge in [0.15, 0.2) is 0 Å². The Hall–Kier alpha value is -2.12. The second-order valence-corrected chi connectivity index (χ2v) is 4.50. The number of nitrogens with one attached hydrogen (secondary N) is 3. The summed E-state index contributed by atoms with van der Waals surface area (Å²) in [6.45, 7) is 3.64. The molecular weight excluding hydrogens is 276 g/mol. The van der Waals surface area contributed by atoms with Gasteiger partial charge < -0.3 is 21.7 Å². The number of primary amides is 1. The van der Waals surface area contributed by atoms with Crippen molar-refractivity contribution in [2.75, 3.05) is 13.1 Å². The molecule has 21 heavy (non-hydrogen) atoms. The standard InChI is InChI=1S/C13H24N4O4/c1-3-10(18)16-8-12(20)15-7-5-6-9(13(14)21)17-11(19)4-2/h9H,3-8H2,1-2H3,(H2,14,21)(H,15,20)(H,16,18)(H,17,19). The molecule has 8 heteroatoms. The maximum absolute atomic E-state index is 11.4. The molecule has 120 valence electrons. The minimum Gasteiger partial charge on any atom is -0.368 e. The van der Waals surface area contributed by atoms with Gasteiger partial charge in [0.2, 0.25) is 23.6 Å². The summed E-state index contributed by atoms with van der Waals surface area (Å²) in [6, 6.07) is -0.728. The van der Waals surface area contributed by atoms with Crippen molar-refractivity contribution >= 4 is 23.6 Å². The van der Waals surface area contributed by atoms with Crippen LogP contribution in [0.15, 0.2) is 0 Å². The molecule has 0 rings (SSSR count). The Bertz CT molecular complexity index is 384. The van der Waals surface area contributed by atoms with E-state index in [1.165, 1.54) is 0 Å². The number of carbonyl (C=O) groups is 4. The Morgan fingerprint density at radius 2 is 1.57 bits per heavy atom. The van der Waals surface area contributed by atoms with E-state index in [1.54, 1.807) is 13.8 Å². The quantitative estimate of drug-likeness (QED) is 0.377. The van der Waals surface area contributed by atoms with E-state index in [4.69, 9.17) is 5.73 Å². The predicted molar refractivity (Wildman–Crippen MR) is 77.0 cm³/mol. The van der Waals surface area contributed by atoms with Gasteiger partial charge in [-0.05, 0) is 12.8 Å². The van der Waals surface area contributed by atoms with Crippen molar-refractivity contribution < 1.29 is 19.2 Å². The van der Waals surface area contributed by atoms with Crippen LogP contribution >= 0.6 is 0 Å². The van der Waals surface area contributed by atoms with Crippen LogP contribution in [0.5, 0.6) is 0 Å². The summed E-state index contributed by atoms with van der Waals surface area (Å²) in [5, 5.41) is 7.58. The fraction of sp³-hybridized carbons (Fsp3) is 0.692. The van der Waals surface area contributed by atoms with Gasteiger partial charge in [-0.15, -0.1) is 0 Å². The molecule has 0 heterocycles. The lowest BCUT2D eigenvalue weighted by molar-refractivity contribution is -0.127. The van der Waals surface area contributed by atoms with E-state index in [9.17, 15) is 19.2 Å². The van der Waals surface area contributed by atoms with Crippen molar-refractivity contribution in [1.29, 1.82) is 0 Å². The zero-order valence-corrected chi connectivity index (χ0v) is 12.5. The number of carbonyl (C=O) groups excluding carboxylic acids is 4. The first-order chi connectivity index (χ1) is 9.90. The van der Waals surface area contributed by atoms with Crippen molar-refractivity contribution in [3.8, 4) is 0 Å². The summed E-state index contributed by atoms with van der Waals surface area (Å²) in [5.41, 5.74) is 5.19. The maximum Gasteiger partial charge on any atom is 0.240 e. The molecule has 0 fully saturated rings. The fourth-order valence-corrected chi connectivity index (χ4v) is 1.48. The summed E-state index contributed by atoms with van der Waals surface area (Å²) in [6.07, 6.45) is 1.44. The summed E-state index contributed by atoms with van der Waals surface area (Å²) < 4.78 is 0. The van der Waals surface area contributed by atoms with E-state index in [0.717, 1.165) is 0 Å². The van der Waals surface area contributed by atoms with Crippen molar-refractivity contribution in [2.45, 2.75) is 45.6 Å². The molecule has 4 amide bonds. The zero-order valence-electron chi connectivity index (χ0n) is 12.5. The molecule has 5 N–H and O–H groups in total. The van der Waals surface area contributed by atoms with Crippen LogP contribution < -0.4 is 21.7 Å². The Morgan fingerprint density at radius 1 is 0.952 bits per heavy atom. The number of hydrogen-bond donors (Lipinski definition) is 4. The van der Waals surface area contributed by atoms with Crippen molar-refractivity contribution in [1.82, 2.24) is 16.0 Å². The highest BCUT2D eigenvalue weighted by atomic mass is 16.2. The van der Waals surface area contributed by atoms with E-state index in [-0.39, 0.29) is 30.7 Å². The molecule has 0 aliphatic heterocycles. The minimum atomic E-state index is -0.728. The van der Waals surface area contributed by atoms with Crippen molar-refractivity contribution in [2.24, 2.45) is 5.73 Å². The SMILES string of the molecule is CCC(=O)NCC(=O)NCCCC(NC(=O)CC)C(N)=O. The largest absolute Gasteiger partial charge is 0.368 e. The topological polar surface area (TPSA) is 130 Å². The molecule has 0 bridgehead atoms. The first-order valence-corrected chi connectivity index (χ1v) is 7.02. The molecule has 0 saturated heterocycles. The van der Waals surface area contributed by atoms with Crippen LogP contribution in [0.3, 0.4) is 0 Å². The molecule has 0 aliphatic rings. The second-order valence-electron chi connectivity index (χ2n) is 4.50. The van der Waals surface area contributed by atoms with Crippen LogP contribution in [0.25, 0.3) is 0 Å². The first-order valence-electron chi connectivity index (χ1n) is 7.02. The molecule has 8 nitrogen and oxygen atoms in total. The van der Waals surface area contributed by atoms with Gasteiger partial charge in [-0.25, -0.2) is 0 Å². The third-order valence-electron chi connectivity index (χ3n) is 2.76. The van der Waals surface area contributed by atoms with Gasteiger partial charge >= 0.3 is 0 Å². The molecule has 0 saturated carbocycles. The van der Waals surface area contributed by atoms with Crippen molar-refractivity contribution in [3.63, 3.8) is 0 Å². The van der Waals surface area contributed by atoms with E-state index in [0.29, 0.717) is 25.8 Å². The third kappa shape index (κ3) is 9.42. The van der Waals surface area contributed by atoms with Crippen LogP contribution in [0.1, 0.15) is 39.5 Å². The second kappa shape index (κ2) is 10.6.